The lowest BCUT2D eigenvalue weighted by atomic mass is 9.97. The molecule has 5 nitrogen and oxygen atoms in total. The van der Waals surface area contributed by atoms with Gasteiger partial charge < -0.3 is 9.73 Å². The number of carbonyl (C=O) groups is 2. The van der Waals surface area contributed by atoms with Gasteiger partial charge in [0.1, 0.15) is 11.5 Å². The van der Waals surface area contributed by atoms with Gasteiger partial charge in [0.25, 0.3) is 11.8 Å². The van der Waals surface area contributed by atoms with Crippen LogP contribution in [-0.4, -0.2) is 16.7 Å². The number of aryl methyl sites for hydroxylation is 3. The fraction of sp³-hybridized carbons (Fsp3) is 0.167. The van der Waals surface area contributed by atoms with Gasteiger partial charge >= 0.3 is 0 Å². The molecule has 0 radical (unpaired) electrons. The largest absolute Gasteiger partial charge is 0.467 e. The molecule has 146 valence electrons. The molecule has 1 aliphatic rings. The molecule has 2 heterocycles. The highest BCUT2D eigenvalue weighted by Crippen LogP contribution is 2.33. The Morgan fingerprint density at radius 3 is 2.38 bits per heavy atom. The maximum absolute atomic E-state index is 13.3. The van der Waals surface area contributed by atoms with Crippen molar-refractivity contribution in [3.63, 3.8) is 0 Å². The Kier molecular flexibility index (Phi) is 4.80. The van der Waals surface area contributed by atoms with Crippen LogP contribution in [0.25, 0.3) is 5.57 Å². The van der Waals surface area contributed by atoms with E-state index in [1.807, 2.05) is 63.2 Å². The molecule has 4 rings (SSSR count). The van der Waals surface area contributed by atoms with Gasteiger partial charge in [-0.2, -0.15) is 0 Å². The molecule has 1 N–H and O–H groups in total. The zero-order valence-electron chi connectivity index (χ0n) is 16.7. The van der Waals surface area contributed by atoms with Gasteiger partial charge in [0.2, 0.25) is 0 Å². The number of benzene rings is 2. The van der Waals surface area contributed by atoms with E-state index in [0.717, 1.165) is 27.9 Å². The zero-order chi connectivity index (χ0) is 20.5. The molecule has 29 heavy (non-hydrogen) atoms. The topological polar surface area (TPSA) is 62.6 Å². The van der Waals surface area contributed by atoms with Crippen molar-refractivity contribution in [2.45, 2.75) is 27.3 Å². The standard InChI is InChI=1S/C24H22N2O3/c1-15-10-11-19(17(3)13-15)21-22(25-20-9-5-4-7-16(20)2)24(28)26(23(21)27)14-18-8-6-12-29-18/h4-13,25H,14H2,1-3H3. The lowest BCUT2D eigenvalue weighted by Crippen LogP contribution is -2.31. The number of rotatable bonds is 5. The minimum absolute atomic E-state index is 0.0953. The Balaban J connectivity index is 1.81. The Labute approximate surface area is 169 Å². The second-order valence-electron chi connectivity index (χ2n) is 7.28. The highest BCUT2D eigenvalue weighted by atomic mass is 16.3. The summed E-state index contributed by atoms with van der Waals surface area (Å²) in [5.41, 5.74) is 5.28. The van der Waals surface area contributed by atoms with E-state index in [0.29, 0.717) is 17.0 Å². The summed E-state index contributed by atoms with van der Waals surface area (Å²) >= 11 is 0. The first kappa shape index (κ1) is 18.7. The molecular formula is C24H22N2O3. The second kappa shape index (κ2) is 7.43. The van der Waals surface area contributed by atoms with Crippen molar-refractivity contribution in [3.8, 4) is 0 Å². The summed E-state index contributed by atoms with van der Waals surface area (Å²) in [5, 5.41) is 3.23. The predicted molar refractivity (Wildman–Crippen MR) is 112 cm³/mol. The van der Waals surface area contributed by atoms with E-state index in [-0.39, 0.29) is 18.4 Å². The van der Waals surface area contributed by atoms with Gasteiger partial charge in [-0.25, -0.2) is 0 Å². The fourth-order valence-electron chi connectivity index (χ4n) is 3.59. The van der Waals surface area contributed by atoms with E-state index in [9.17, 15) is 9.59 Å². The van der Waals surface area contributed by atoms with E-state index >= 15 is 0 Å². The smallest absolute Gasteiger partial charge is 0.278 e. The molecule has 0 aliphatic carbocycles. The van der Waals surface area contributed by atoms with Crippen LogP contribution < -0.4 is 5.32 Å². The second-order valence-corrected chi connectivity index (χ2v) is 7.28. The van der Waals surface area contributed by atoms with Crippen molar-refractivity contribution >= 4 is 23.1 Å². The summed E-state index contributed by atoms with van der Waals surface area (Å²) in [7, 11) is 0. The summed E-state index contributed by atoms with van der Waals surface area (Å²) in [6.45, 7) is 6.01. The quantitative estimate of drug-likeness (QED) is 0.651. The van der Waals surface area contributed by atoms with Crippen molar-refractivity contribution in [2.24, 2.45) is 0 Å². The Bertz CT molecular complexity index is 1130. The van der Waals surface area contributed by atoms with Crippen molar-refractivity contribution in [3.05, 3.63) is 94.6 Å². The minimum atomic E-state index is -0.357. The highest BCUT2D eigenvalue weighted by molar-refractivity contribution is 6.36. The number of amides is 2. The molecular weight excluding hydrogens is 364 g/mol. The molecule has 0 spiro atoms. The van der Waals surface area contributed by atoms with Gasteiger partial charge in [0.05, 0.1) is 18.4 Å². The normalized spacial score (nSPS) is 14.1. The van der Waals surface area contributed by atoms with E-state index < -0.39 is 0 Å². The minimum Gasteiger partial charge on any atom is -0.467 e. The molecule has 3 aromatic rings. The first-order valence-electron chi connectivity index (χ1n) is 9.49. The molecule has 2 amide bonds. The van der Waals surface area contributed by atoms with E-state index in [1.54, 1.807) is 12.1 Å². The van der Waals surface area contributed by atoms with E-state index in [2.05, 4.69) is 5.32 Å². The van der Waals surface area contributed by atoms with Gasteiger partial charge in [-0.15, -0.1) is 0 Å². The number of anilines is 1. The average molecular weight is 386 g/mol. The lowest BCUT2D eigenvalue weighted by molar-refractivity contribution is -0.137. The van der Waals surface area contributed by atoms with Crippen LogP contribution in [-0.2, 0) is 16.1 Å². The molecule has 1 aromatic heterocycles. The van der Waals surface area contributed by atoms with Gasteiger partial charge in [-0.3, -0.25) is 14.5 Å². The molecule has 0 saturated carbocycles. The van der Waals surface area contributed by atoms with E-state index in [1.165, 1.54) is 11.2 Å². The molecule has 0 fully saturated rings. The van der Waals surface area contributed by atoms with Crippen LogP contribution in [0.5, 0.6) is 0 Å². The number of hydrogen-bond acceptors (Lipinski definition) is 4. The van der Waals surface area contributed by atoms with Gasteiger partial charge in [-0.05, 0) is 55.7 Å². The summed E-state index contributed by atoms with van der Waals surface area (Å²) in [6, 6.07) is 17.1. The molecule has 0 unspecified atom stereocenters. The molecule has 0 saturated heterocycles. The summed E-state index contributed by atoms with van der Waals surface area (Å²) in [4.78, 5) is 27.8. The van der Waals surface area contributed by atoms with Crippen LogP contribution >= 0.6 is 0 Å². The Hall–Kier alpha value is -3.60. The summed E-state index contributed by atoms with van der Waals surface area (Å²) < 4.78 is 5.36. The maximum Gasteiger partial charge on any atom is 0.278 e. The SMILES string of the molecule is Cc1ccc(C2=C(Nc3ccccc3C)C(=O)N(Cc3ccco3)C2=O)c(C)c1. The third kappa shape index (κ3) is 3.47. The van der Waals surface area contributed by atoms with Crippen molar-refractivity contribution in [2.75, 3.05) is 5.32 Å². The fourth-order valence-corrected chi connectivity index (χ4v) is 3.59. The Morgan fingerprint density at radius 1 is 0.897 bits per heavy atom. The molecule has 2 aromatic carbocycles. The lowest BCUT2D eigenvalue weighted by Gasteiger charge is -2.14. The van der Waals surface area contributed by atoms with Crippen LogP contribution in [0.3, 0.4) is 0 Å². The van der Waals surface area contributed by atoms with Crippen LogP contribution in [0.2, 0.25) is 0 Å². The number of hydrogen-bond donors (Lipinski definition) is 1. The number of nitrogens with one attached hydrogen (secondary N) is 1. The highest BCUT2D eigenvalue weighted by Gasteiger charge is 2.40. The summed E-state index contributed by atoms with van der Waals surface area (Å²) in [6.07, 6.45) is 1.53. The molecule has 5 heteroatoms. The maximum atomic E-state index is 13.3. The molecule has 1 aliphatic heterocycles. The van der Waals surface area contributed by atoms with E-state index in [4.69, 9.17) is 4.42 Å². The molecule has 0 bridgehead atoms. The predicted octanol–water partition coefficient (Wildman–Crippen LogP) is 4.60. The van der Waals surface area contributed by atoms with Gasteiger partial charge in [-0.1, -0.05) is 42.0 Å². The molecule has 0 atom stereocenters. The number of para-hydroxylation sites is 1. The van der Waals surface area contributed by atoms with Crippen LogP contribution in [0.1, 0.15) is 28.0 Å². The van der Waals surface area contributed by atoms with Gasteiger partial charge in [0.15, 0.2) is 0 Å². The number of furan rings is 1. The van der Waals surface area contributed by atoms with Crippen molar-refractivity contribution in [1.82, 2.24) is 4.90 Å². The number of carbonyl (C=O) groups excluding carboxylic acids is 2. The van der Waals surface area contributed by atoms with Gasteiger partial charge in [0, 0.05) is 5.69 Å². The monoisotopic (exact) mass is 386 g/mol. The Morgan fingerprint density at radius 2 is 1.69 bits per heavy atom. The number of imide groups is 1. The zero-order valence-corrected chi connectivity index (χ0v) is 16.7. The average Bonchev–Trinajstić information content (AvgIpc) is 3.28. The van der Waals surface area contributed by atoms with Crippen molar-refractivity contribution in [1.29, 1.82) is 0 Å². The summed E-state index contributed by atoms with van der Waals surface area (Å²) in [5.74, 6) is -0.122. The van der Waals surface area contributed by atoms with Crippen molar-refractivity contribution < 1.29 is 14.0 Å². The first-order chi connectivity index (χ1) is 14.0. The first-order valence-corrected chi connectivity index (χ1v) is 9.49. The van der Waals surface area contributed by atoms with Crippen LogP contribution in [0.4, 0.5) is 5.69 Å². The number of nitrogens with zero attached hydrogens (tertiary/aromatic N) is 1. The van der Waals surface area contributed by atoms with Crippen LogP contribution in [0, 0.1) is 20.8 Å². The van der Waals surface area contributed by atoms with Crippen LogP contribution in [0.15, 0.2) is 71.0 Å². The third-order valence-electron chi connectivity index (χ3n) is 5.12. The third-order valence-corrected chi connectivity index (χ3v) is 5.12.